The molecule has 1 saturated carbocycles. The first kappa shape index (κ1) is 17.0. The van der Waals surface area contributed by atoms with Crippen LogP contribution in [-0.4, -0.2) is 14.9 Å². The first-order chi connectivity index (χ1) is 8.71. The average Bonchev–Trinajstić information content (AvgIpc) is 2.57. The molecule has 2 atom stereocenters. The lowest BCUT2D eigenvalue weighted by Gasteiger charge is -2.42. The van der Waals surface area contributed by atoms with Crippen molar-refractivity contribution in [3.05, 3.63) is 12.2 Å². The molecule has 1 aliphatic rings. The zero-order valence-corrected chi connectivity index (χ0v) is 15.1. The van der Waals surface area contributed by atoms with Gasteiger partial charge in [-0.2, -0.15) is 0 Å². The Labute approximate surface area is 122 Å². The Morgan fingerprint density at radius 3 is 1.89 bits per heavy atom. The molecule has 0 aromatic carbocycles. The molecule has 19 heavy (non-hydrogen) atoms. The lowest BCUT2D eigenvalue weighted by Crippen LogP contribution is -2.48. The standard InChI is InChI=1S/C17H34OSi/c1-12(2)19(13(3)4,14(5)6)18-11-17-9-15(7)16(8)10-17/h12-14,16-17H,7,9-11H2,1-6,8H3. The molecule has 1 aliphatic carbocycles. The fourth-order valence-electron chi connectivity index (χ4n) is 4.21. The first-order valence-corrected chi connectivity index (χ1v) is 10.2. The van der Waals surface area contributed by atoms with Gasteiger partial charge in [-0.05, 0) is 41.3 Å². The van der Waals surface area contributed by atoms with E-state index in [1.807, 2.05) is 0 Å². The summed E-state index contributed by atoms with van der Waals surface area (Å²) in [4.78, 5) is 0. The summed E-state index contributed by atoms with van der Waals surface area (Å²) in [6.45, 7) is 21.6. The quantitative estimate of drug-likeness (QED) is 0.443. The van der Waals surface area contributed by atoms with Gasteiger partial charge in [0.05, 0.1) is 0 Å². The van der Waals surface area contributed by atoms with E-state index in [4.69, 9.17) is 4.43 Å². The van der Waals surface area contributed by atoms with Gasteiger partial charge in [-0.1, -0.05) is 60.6 Å². The molecule has 0 saturated heterocycles. The molecule has 1 fully saturated rings. The van der Waals surface area contributed by atoms with E-state index in [1.54, 1.807) is 0 Å². The van der Waals surface area contributed by atoms with Crippen molar-refractivity contribution < 1.29 is 4.43 Å². The normalized spacial score (nSPS) is 25.1. The van der Waals surface area contributed by atoms with Gasteiger partial charge in [-0.15, -0.1) is 0 Å². The van der Waals surface area contributed by atoms with Gasteiger partial charge in [0.2, 0.25) is 0 Å². The third-order valence-electron chi connectivity index (χ3n) is 5.21. The smallest absolute Gasteiger partial charge is 0.200 e. The fraction of sp³-hybridized carbons (Fsp3) is 0.882. The van der Waals surface area contributed by atoms with Gasteiger partial charge in [0.15, 0.2) is 8.32 Å². The van der Waals surface area contributed by atoms with Crippen LogP contribution in [-0.2, 0) is 4.43 Å². The summed E-state index contributed by atoms with van der Waals surface area (Å²) in [6, 6.07) is 0. The topological polar surface area (TPSA) is 9.23 Å². The van der Waals surface area contributed by atoms with Gasteiger partial charge in [0, 0.05) is 6.61 Å². The van der Waals surface area contributed by atoms with E-state index >= 15 is 0 Å². The van der Waals surface area contributed by atoms with Gasteiger partial charge in [-0.25, -0.2) is 0 Å². The minimum absolute atomic E-state index is 0.689. The summed E-state index contributed by atoms with van der Waals surface area (Å²) in [7, 11) is -1.67. The summed E-state index contributed by atoms with van der Waals surface area (Å²) in [6.07, 6.45) is 2.46. The average molecular weight is 283 g/mol. The highest BCUT2D eigenvalue weighted by Crippen LogP contribution is 2.43. The number of allylic oxidation sites excluding steroid dienone is 1. The van der Waals surface area contributed by atoms with E-state index in [0.717, 1.165) is 6.61 Å². The number of hydrogen-bond donors (Lipinski definition) is 0. The number of rotatable bonds is 6. The van der Waals surface area contributed by atoms with Crippen LogP contribution in [0.15, 0.2) is 12.2 Å². The summed E-state index contributed by atoms with van der Waals surface area (Å²) in [5.41, 5.74) is 3.50. The van der Waals surface area contributed by atoms with Crippen molar-refractivity contribution in [3.63, 3.8) is 0 Å². The van der Waals surface area contributed by atoms with E-state index < -0.39 is 8.32 Å². The summed E-state index contributed by atoms with van der Waals surface area (Å²) >= 11 is 0. The van der Waals surface area contributed by atoms with Crippen molar-refractivity contribution in [2.24, 2.45) is 11.8 Å². The predicted molar refractivity (Wildman–Crippen MR) is 88.0 cm³/mol. The second-order valence-corrected chi connectivity index (χ2v) is 13.0. The van der Waals surface area contributed by atoms with E-state index in [0.29, 0.717) is 28.5 Å². The zero-order valence-electron chi connectivity index (χ0n) is 14.1. The van der Waals surface area contributed by atoms with Crippen LogP contribution in [0.3, 0.4) is 0 Å². The Balaban J connectivity index is 2.72. The molecule has 0 N–H and O–H groups in total. The fourth-order valence-corrected chi connectivity index (χ4v) is 9.74. The minimum Gasteiger partial charge on any atom is -0.416 e. The summed E-state index contributed by atoms with van der Waals surface area (Å²) in [5, 5.41) is 0. The Hall–Kier alpha value is -0.0831. The third-order valence-corrected chi connectivity index (χ3v) is 11.3. The molecule has 0 spiro atoms. The molecule has 112 valence electrons. The second-order valence-electron chi connectivity index (χ2n) is 7.49. The van der Waals surface area contributed by atoms with Gasteiger partial charge in [0.1, 0.15) is 0 Å². The van der Waals surface area contributed by atoms with Crippen LogP contribution < -0.4 is 0 Å². The highest BCUT2D eigenvalue weighted by Gasteiger charge is 2.45. The van der Waals surface area contributed by atoms with Gasteiger partial charge < -0.3 is 4.43 Å². The largest absolute Gasteiger partial charge is 0.416 e. The molecule has 1 rings (SSSR count). The van der Waals surface area contributed by atoms with Crippen LogP contribution in [0.25, 0.3) is 0 Å². The molecular weight excluding hydrogens is 248 g/mol. The molecule has 2 unspecified atom stereocenters. The van der Waals surface area contributed by atoms with Crippen LogP contribution >= 0.6 is 0 Å². The summed E-state index contributed by atoms with van der Waals surface area (Å²) in [5.74, 6) is 1.41. The van der Waals surface area contributed by atoms with E-state index in [9.17, 15) is 0 Å². The Kier molecular flexibility index (Phi) is 5.88. The first-order valence-electron chi connectivity index (χ1n) is 8.03. The van der Waals surface area contributed by atoms with E-state index in [2.05, 4.69) is 55.0 Å². The highest BCUT2D eigenvalue weighted by molar-refractivity contribution is 6.77. The Morgan fingerprint density at radius 1 is 1.11 bits per heavy atom. The SMILES string of the molecule is C=C1CC(CO[Si](C(C)C)(C(C)C)C(C)C)CC1C. The van der Waals surface area contributed by atoms with Crippen LogP contribution in [0.4, 0.5) is 0 Å². The van der Waals surface area contributed by atoms with Crippen molar-refractivity contribution in [1.29, 1.82) is 0 Å². The molecule has 0 bridgehead atoms. The van der Waals surface area contributed by atoms with Crippen molar-refractivity contribution in [3.8, 4) is 0 Å². The van der Waals surface area contributed by atoms with Crippen LogP contribution in [0.1, 0.15) is 61.3 Å². The van der Waals surface area contributed by atoms with Crippen molar-refractivity contribution in [2.45, 2.75) is 77.9 Å². The number of hydrogen-bond acceptors (Lipinski definition) is 1. The molecule has 0 aliphatic heterocycles. The lowest BCUT2D eigenvalue weighted by molar-refractivity contribution is 0.221. The maximum absolute atomic E-state index is 6.69. The molecule has 1 nitrogen and oxygen atoms in total. The van der Waals surface area contributed by atoms with Gasteiger partial charge in [-0.3, -0.25) is 0 Å². The molecule has 0 aromatic rings. The lowest BCUT2D eigenvalue weighted by atomic mass is 10.1. The molecule has 0 heterocycles. The molecule has 0 radical (unpaired) electrons. The van der Waals surface area contributed by atoms with E-state index in [1.165, 1.54) is 18.4 Å². The molecular formula is C17H34OSi. The Morgan fingerprint density at radius 2 is 1.58 bits per heavy atom. The second kappa shape index (κ2) is 6.58. The third kappa shape index (κ3) is 3.52. The zero-order chi connectivity index (χ0) is 14.8. The van der Waals surface area contributed by atoms with Crippen LogP contribution in [0, 0.1) is 11.8 Å². The van der Waals surface area contributed by atoms with Crippen LogP contribution in [0.5, 0.6) is 0 Å². The van der Waals surface area contributed by atoms with Crippen LogP contribution in [0.2, 0.25) is 16.6 Å². The minimum atomic E-state index is -1.67. The maximum Gasteiger partial charge on any atom is 0.200 e. The maximum atomic E-state index is 6.69. The van der Waals surface area contributed by atoms with Gasteiger partial charge >= 0.3 is 0 Å². The highest BCUT2D eigenvalue weighted by atomic mass is 28.4. The molecule has 0 amide bonds. The van der Waals surface area contributed by atoms with Crippen molar-refractivity contribution >= 4 is 8.32 Å². The molecule has 0 aromatic heterocycles. The van der Waals surface area contributed by atoms with Crippen molar-refractivity contribution in [1.82, 2.24) is 0 Å². The van der Waals surface area contributed by atoms with E-state index in [-0.39, 0.29) is 0 Å². The Bertz CT molecular complexity index is 285. The van der Waals surface area contributed by atoms with Crippen molar-refractivity contribution in [2.75, 3.05) is 6.61 Å². The summed E-state index contributed by atoms with van der Waals surface area (Å²) < 4.78 is 6.69. The predicted octanol–water partition coefficient (Wildman–Crippen LogP) is 5.78. The molecule has 2 heteroatoms. The monoisotopic (exact) mass is 282 g/mol. The van der Waals surface area contributed by atoms with Gasteiger partial charge in [0.25, 0.3) is 0 Å².